The van der Waals surface area contributed by atoms with Crippen LogP contribution < -0.4 is 15.6 Å². The van der Waals surface area contributed by atoms with Crippen molar-refractivity contribution in [1.29, 1.82) is 0 Å². The summed E-state index contributed by atoms with van der Waals surface area (Å²) in [4.78, 5) is 2.34. The summed E-state index contributed by atoms with van der Waals surface area (Å²) in [7, 11) is 1.76. The predicted molar refractivity (Wildman–Crippen MR) is 102 cm³/mol. The molecule has 2 N–H and O–H groups in total. The first kappa shape index (κ1) is 17.0. The summed E-state index contributed by atoms with van der Waals surface area (Å²) in [5.41, 5.74) is 6.28. The number of rotatable bonds is 6. The number of hydrazone groups is 1. The molecule has 0 heterocycles. The maximum Gasteiger partial charge on any atom is 0.186 e. The van der Waals surface area contributed by atoms with Crippen molar-refractivity contribution in [3.63, 3.8) is 0 Å². The molecule has 0 aliphatic carbocycles. The zero-order chi connectivity index (χ0) is 16.5. The monoisotopic (exact) mass is 326 g/mol. The fourth-order valence-corrected chi connectivity index (χ4v) is 2.23. The second-order valence-electron chi connectivity index (χ2n) is 5.04. The molecule has 0 radical (unpaired) electrons. The molecule has 0 atom stereocenters. The van der Waals surface area contributed by atoms with Gasteiger partial charge in [-0.2, -0.15) is 5.10 Å². The number of hydrogen-bond acceptors (Lipinski definition) is 3. The number of hydrogen-bond donors (Lipinski definition) is 2. The molecule has 0 bridgehead atoms. The van der Waals surface area contributed by atoms with E-state index < -0.39 is 0 Å². The third-order valence-electron chi connectivity index (χ3n) is 3.46. The molecule has 23 heavy (non-hydrogen) atoms. The third-order valence-corrected chi connectivity index (χ3v) is 3.76. The van der Waals surface area contributed by atoms with Crippen molar-refractivity contribution < 1.29 is 0 Å². The number of anilines is 1. The standard InChI is InChI=1S/C18H22N4S/c1-3-22(14-16-7-5-4-6-8-16)17-11-9-15(10-12-17)13-20-21-18(23)19-2/h4-13H,3,14H2,1-2H3,(H2,19,21,23). The Kier molecular flexibility index (Phi) is 6.56. The second kappa shape index (κ2) is 8.90. The Morgan fingerprint density at radius 1 is 1.13 bits per heavy atom. The highest BCUT2D eigenvalue weighted by Crippen LogP contribution is 2.17. The van der Waals surface area contributed by atoms with Gasteiger partial charge in [-0.1, -0.05) is 42.5 Å². The van der Waals surface area contributed by atoms with E-state index in [0.29, 0.717) is 5.11 Å². The van der Waals surface area contributed by atoms with E-state index in [-0.39, 0.29) is 0 Å². The third kappa shape index (κ3) is 5.38. The molecule has 0 saturated heterocycles. The molecule has 120 valence electrons. The normalized spacial score (nSPS) is 10.5. The van der Waals surface area contributed by atoms with Crippen LogP contribution in [0.1, 0.15) is 18.1 Å². The van der Waals surface area contributed by atoms with Crippen molar-refractivity contribution in [3.8, 4) is 0 Å². The first-order chi connectivity index (χ1) is 11.2. The van der Waals surface area contributed by atoms with E-state index in [4.69, 9.17) is 12.2 Å². The van der Waals surface area contributed by atoms with Crippen molar-refractivity contribution in [2.75, 3.05) is 18.5 Å². The minimum atomic E-state index is 0.498. The lowest BCUT2D eigenvalue weighted by Crippen LogP contribution is -2.28. The summed E-state index contributed by atoms with van der Waals surface area (Å²) < 4.78 is 0. The number of nitrogens with one attached hydrogen (secondary N) is 2. The van der Waals surface area contributed by atoms with Gasteiger partial charge in [-0.25, -0.2) is 0 Å². The molecule has 2 rings (SSSR count). The Balaban J connectivity index is 2.00. The molecule has 0 saturated carbocycles. The van der Waals surface area contributed by atoms with E-state index in [9.17, 15) is 0 Å². The van der Waals surface area contributed by atoms with Crippen molar-refractivity contribution in [2.24, 2.45) is 5.10 Å². The van der Waals surface area contributed by atoms with E-state index in [0.717, 1.165) is 18.7 Å². The number of thiocarbonyl (C=S) groups is 1. The molecule has 0 aliphatic rings. The molecule has 0 unspecified atom stereocenters. The first-order valence-electron chi connectivity index (χ1n) is 7.62. The topological polar surface area (TPSA) is 39.7 Å². The van der Waals surface area contributed by atoms with Crippen LogP contribution in [0.2, 0.25) is 0 Å². The van der Waals surface area contributed by atoms with Crippen LogP contribution in [0.3, 0.4) is 0 Å². The molecule has 0 spiro atoms. The largest absolute Gasteiger partial charge is 0.367 e. The van der Waals surface area contributed by atoms with E-state index >= 15 is 0 Å². The molecule has 5 heteroatoms. The van der Waals surface area contributed by atoms with Crippen LogP contribution in [0.5, 0.6) is 0 Å². The molecule has 2 aromatic rings. The molecule has 2 aromatic carbocycles. The summed E-state index contributed by atoms with van der Waals surface area (Å²) in [6, 6.07) is 18.8. The second-order valence-corrected chi connectivity index (χ2v) is 5.45. The van der Waals surface area contributed by atoms with Crippen LogP contribution in [0.4, 0.5) is 5.69 Å². The lowest BCUT2D eigenvalue weighted by atomic mass is 10.1. The van der Waals surface area contributed by atoms with Crippen LogP contribution in [-0.2, 0) is 6.54 Å². The predicted octanol–water partition coefficient (Wildman–Crippen LogP) is 3.14. The maximum absolute atomic E-state index is 4.96. The molecule has 0 amide bonds. The van der Waals surface area contributed by atoms with Crippen molar-refractivity contribution >= 4 is 29.2 Å². The van der Waals surface area contributed by atoms with Gasteiger partial charge in [0.1, 0.15) is 0 Å². The SMILES string of the molecule is CCN(Cc1ccccc1)c1ccc(C=NNC(=S)NC)cc1. The molecule has 0 fully saturated rings. The van der Waals surface area contributed by atoms with E-state index in [1.807, 2.05) is 6.07 Å². The fourth-order valence-electron chi connectivity index (χ4n) is 2.18. The highest BCUT2D eigenvalue weighted by molar-refractivity contribution is 7.80. The van der Waals surface area contributed by atoms with Crippen LogP contribution in [0, 0.1) is 0 Å². The van der Waals surface area contributed by atoms with Gasteiger partial charge in [-0.05, 0) is 42.4 Å². The zero-order valence-electron chi connectivity index (χ0n) is 13.5. The van der Waals surface area contributed by atoms with E-state index in [2.05, 4.69) is 76.2 Å². The lowest BCUT2D eigenvalue weighted by molar-refractivity contribution is 0.832. The molecular formula is C18H22N4S. The van der Waals surface area contributed by atoms with Gasteiger partial charge in [-0.15, -0.1) is 0 Å². The minimum Gasteiger partial charge on any atom is -0.367 e. The van der Waals surface area contributed by atoms with Crippen LogP contribution >= 0.6 is 12.2 Å². The average molecular weight is 326 g/mol. The van der Waals surface area contributed by atoms with Gasteiger partial charge >= 0.3 is 0 Å². The van der Waals surface area contributed by atoms with Crippen LogP contribution in [-0.4, -0.2) is 24.9 Å². The zero-order valence-corrected chi connectivity index (χ0v) is 14.3. The maximum atomic E-state index is 4.96. The van der Waals surface area contributed by atoms with E-state index in [1.165, 1.54) is 11.3 Å². The fraction of sp³-hybridized carbons (Fsp3) is 0.222. The molecule has 0 aliphatic heterocycles. The molecule has 4 nitrogen and oxygen atoms in total. The van der Waals surface area contributed by atoms with Gasteiger partial charge in [0.15, 0.2) is 5.11 Å². The van der Waals surface area contributed by atoms with Gasteiger partial charge < -0.3 is 10.2 Å². The van der Waals surface area contributed by atoms with Gasteiger partial charge in [0.05, 0.1) is 6.21 Å². The Morgan fingerprint density at radius 3 is 2.43 bits per heavy atom. The Labute approximate surface area is 143 Å². The Bertz CT molecular complexity index is 638. The van der Waals surface area contributed by atoms with Crippen molar-refractivity contribution in [2.45, 2.75) is 13.5 Å². The number of benzene rings is 2. The van der Waals surface area contributed by atoms with Crippen molar-refractivity contribution in [1.82, 2.24) is 10.7 Å². The van der Waals surface area contributed by atoms with Gasteiger partial charge in [0.2, 0.25) is 0 Å². The highest BCUT2D eigenvalue weighted by Gasteiger charge is 2.04. The quantitative estimate of drug-likeness (QED) is 0.486. The van der Waals surface area contributed by atoms with Crippen LogP contribution in [0.25, 0.3) is 0 Å². The van der Waals surface area contributed by atoms with Gasteiger partial charge in [0.25, 0.3) is 0 Å². The van der Waals surface area contributed by atoms with Gasteiger partial charge in [0, 0.05) is 25.8 Å². The van der Waals surface area contributed by atoms with E-state index in [1.54, 1.807) is 13.3 Å². The summed E-state index contributed by atoms with van der Waals surface area (Å²) in [5, 5.41) is 7.39. The van der Waals surface area contributed by atoms with Crippen molar-refractivity contribution in [3.05, 3.63) is 65.7 Å². The lowest BCUT2D eigenvalue weighted by Gasteiger charge is -2.23. The smallest absolute Gasteiger partial charge is 0.186 e. The molecule has 0 aromatic heterocycles. The Hall–Kier alpha value is -2.40. The number of nitrogens with zero attached hydrogens (tertiary/aromatic N) is 2. The minimum absolute atomic E-state index is 0.498. The first-order valence-corrected chi connectivity index (χ1v) is 8.03. The average Bonchev–Trinajstić information content (AvgIpc) is 2.61. The highest BCUT2D eigenvalue weighted by atomic mass is 32.1. The molecular weight excluding hydrogens is 304 g/mol. The summed E-state index contributed by atoms with van der Waals surface area (Å²) in [5.74, 6) is 0. The summed E-state index contributed by atoms with van der Waals surface area (Å²) >= 11 is 4.96. The summed E-state index contributed by atoms with van der Waals surface area (Å²) in [6.07, 6.45) is 1.75. The summed E-state index contributed by atoms with van der Waals surface area (Å²) in [6.45, 7) is 4.03. The van der Waals surface area contributed by atoms with Gasteiger partial charge in [-0.3, -0.25) is 5.43 Å². The Morgan fingerprint density at radius 2 is 1.83 bits per heavy atom. The van der Waals surface area contributed by atoms with Crippen LogP contribution in [0.15, 0.2) is 59.7 Å².